The van der Waals surface area contributed by atoms with Crippen molar-refractivity contribution in [1.82, 2.24) is 14.9 Å². The van der Waals surface area contributed by atoms with Crippen molar-refractivity contribution in [2.75, 3.05) is 11.9 Å². The summed E-state index contributed by atoms with van der Waals surface area (Å²) in [5.41, 5.74) is 1.72. The lowest BCUT2D eigenvalue weighted by molar-refractivity contribution is -0.390. The summed E-state index contributed by atoms with van der Waals surface area (Å²) in [5.74, 6) is -0.261. The number of nitro groups is 1. The topological polar surface area (TPSA) is 101 Å². The molecule has 128 valence electrons. The molecule has 1 aromatic carbocycles. The van der Waals surface area contributed by atoms with Gasteiger partial charge in [-0.05, 0) is 41.0 Å². The lowest BCUT2D eigenvalue weighted by atomic mass is 9.98. The van der Waals surface area contributed by atoms with Crippen molar-refractivity contribution in [3.8, 4) is 0 Å². The number of nitrogens with zero attached hydrogens (tertiary/aromatic N) is 4. The number of hydrogen-bond donors (Lipinski definition) is 1. The quantitative estimate of drug-likeness (QED) is 0.684. The average Bonchev–Trinajstić information content (AvgIpc) is 2.62. The smallest absolute Gasteiger partial charge is 0.358 e. The summed E-state index contributed by atoms with van der Waals surface area (Å²) in [5, 5.41) is 14.0. The van der Waals surface area contributed by atoms with Crippen LogP contribution in [0.4, 0.5) is 16.3 Å². The van der Waals surface area contributed by atoms with Crippen LogP contribution in [0.5, 0.6) is 0 Å². The minimum Gasteiger partial charge on any atom is -0.358 e. The van der Waals surface area contributed by atoms with Crippen LogP contribution in [0, 0.1) is 10.1 Å². The van der Waals surface area contributed by atoms with Crippen molar-refractivity contribution in [1.29, 1.82) is 0 Å². The summed E-state index contributed by atoms with van der Waals surface area (Å²) in [7, 11) is 0. The summed E-state index contributed by atoms with van der Waals surface area (Å²) >= 11 is 0. The van der Waals surface area contributed by atoms with Gasteiger partial charge in [-0.2, -0.15) is 0 Å². The highest BCUT2D eigenvalue weighted by Gasteiger charge is 2.28. The maximum absolute atomic E-state index is 12.4. The largest absolute Gasteiger partial charge is 0.389 e. The minimum atomic E-state index is -0.539. The third-order valence-electron chi connectivity index (χ3n) is 4.02. The first-order chi connectivity index (χ1) is 12.1. The molecule has 2 amide bonds. The Morgan fingerprint density at radius 3 is 2.68 bits per heavy atom. The van der Waals surface area contributed by atoms with Crippen LogP contribution in [0.15, 0.2) is 48.8 Å². The lowest BCUT2D eigenvalue weighted by Gasteiger charge is -2.32. The zero-order valence-electron chi connectivity index (χ0n) is 13.6. The molecule has 3 rings (SSSR count). The number of rotatable bonds is 3. The predicted octanol–water partition coefficient (Wildman–Crippen LogP) is 3.09. The molecule has 8 heteroatoms. The van der Waals surface area contributed by atoms with E-state index in [-0.39, 0.29) is 23.6 Å². The van der Waals surface area contributed by atoms with Crippen molar-refractivity contribution in [2.45, 2.75) is 19.4 Å². The number of urea groups is 1. The van der Waals surface area contributed by atoms with Crippen LogP contribution in [-0.4, -0.2) is 38.4 Å². The molecule has 2 aromatic rings. The van der Waals surface area contributed by atoms with E-state index < -0.39 is 4.92 Å². The van der Waals surface area contributed by atoms with Gasteiger partial charge < -0.3 is 20.3 Å². The van der Waals surface area contributed by atoms with Gasteiger partial charge in [-0.25, -0.2) is 9.78 Å². The first kappa shape index (κ1) is 16.6. The molecular formula is C17H17N5O3. The van der Waals surface area contributed by atoms with Crippen LogP contribution >= 0.6 is 0 Å². The number of benzene rings is 1. The van der Waals surface area contributed by atoms with Crippen LogP contribution < -0.4 is 5.32 Å². The summed E-state index contributed by atoms with van der Waals surface area (Å²) in [6.45, 7) is 2.25. The van der Waals surface area contributed by atoms with Gasteiger partial charge in [-0.15, -0.1) is 0 Å². The van der Waals surface area contributed by atoms with Crippen molar-refractivity contribution < 1.29 is 9.72 Å². The molecule has 1 atom stereocenters. The second-order valence-corrected chi connectivity index (χ2v) is 5.72. The van der Waals surface area contributed by atoms with E-state index in [1.165, 1.54) is 12.4 Å². The number of carbonyl (C=O) groups is 1. The van der Waals surface area contributed by atoms with Gasteiger partial charge in [0.1, 0.15) is 0 Å². The highest BCUT2D eigenvalue weighted by molar-refractivity contribution is 5.90. The molecule has 0 bridgehead atoms. The highest BCUT2D eigenvalue weighted by Crippen LogP contribution is 2.29. The first-order valence-electron chi connectivity index (χ1n) is 7.83. The van der Waals surface area contributed by atoms with Crippen LogP contribution in [0.2, 0.25) is 0 Å². The second-order valence-electron chi connectivity index (χ2n) is 5.72. The molecule has 0 unspecified atom stereocenters. The molecule has 0 aliphatic carbocycles. The van der Waals surface area contributed by atoms with Crippen LogP contribution in [0.25, 0.3) is 5.57 Å². The van der Waals surface area contributed by atoms with Gasteiger partial charge in [0.05, 0.1) is 6.20 Å². The van der Waals surface area contributed by atoms with Crippen molar-refractivity contribution in [2.24, 2.45) is 0 Å². The maximum atomic E-state index is 12.4. The Bertz CT molecular complexity index is 822. The molecule has 25 heavy (non-hydrogen) atoms. The fourth-order valence-electron chi connectivity index (χ4n) is 2.78. The first-order valence-corrected chi connectivity index (χ1v) is 7.83. The van der Waals surface area contributed by atoms with E-state index in [2.05, 4.69) is 15.3 Å². The fraction of sp³-hybridized carbons (Fsp3) is 0.235. The SMILES string of the molecule is C[C@H]1CC(c2nccnc2[N+](=O)[O-])=CCN1C(=O)Nc1ccccc1. The van der Waals surface area contributed by atoms with Gasteiger partial charge in [0.25, 0.3) is 0 Å². The number of aromatic nitrogens is 2. The van der Waals surface area contributed by atoms with E-state index >= 15 is 0 Å². The fourth-order valence-corrected chi connectivity index (χ4v) is 2.78. The lowest BCUT2D eigenvalue weighted by Crippen LogP contribution is -2.43. The summed E-state index contributed by atoms with van der Waals surface area (Å²) in [6.07, 6.45) is 5.00. The maximum Gasteiger partial charge on any atom is 0.389 e. The molecule has 0 radical (unpaired) electrons. The molecule has 1 aliphatic heterocycles. The van der Waals surface area contributed by atoms with Crippen molar-refractivity contribution >= 4 is 23.1 Å². The van der Waals surface area contributed by atoms with E-state index in [1.54, 1.807) is 11.0 Å². The summed E-state index contributed by atoms with van der Waals surface area (Å²) in [4.78, 5) is 32.6. The van der Waals surface area contributed by atoms with Gasteiger partial charge in [-0.1, -0.05) is 24.3 Å². The second kappa shape index (κ2) is 7.08. The highest BCUT2D eigenvalue weighted by atomic mass is 16.6. The van der Waals surface area contributed by atoms with Gasteiger partial charge in [0.2, 0.25) is 0 Å². The molecule has 0 saturated carbocycles. The molecule has 1 N–H and O–H groups in total. The number of carbonyl (C=O) groups excluding carboxylic acids is 1. The van der Waals surface area contributed by atoms with Crippen molar-refractivity contribution in [3.63, 3.8) is 0 Å². The third-order valence-corrected chi connectivity index (χ3v) is 4.02. The molecule has 2 heterocycles. The van der Waals surface area contributed by atoms with E-state index in [9.17, 15) is 14.9 Å². The number of anilines is 1. The Balaban J connectivity index is 1.77. The molecule has 0 saturated heterocycles. The van der Waals surface area contributed by atoms with Gasteiger partial charge in [0.15, 0.2) is 11.9 Å². The standard InChI is InChI=1S/C17H17N5O3/c1-12-11-13(15-16(22(24)25)19-9-8-18-15)7-10-21(12)17(23)20-14-5-3-2-4-6-14/h2-9,12H,10-11H2,1H3,(H,20,23)/t12-/m0/s1. The van der Waals surface area contributed by atoms with Gasteiger partial charge >= 0.3 is 11.8 Å². The number of nitrogens with one attached hydrogen (secondary N) is 1. The Morgan fingerprint density at radius 2 is 2.00 bits per heavy atom. The molecule has 0 fully saturated rings. The Labute approximate surface area is 144 Å². The molecular weight excluding hydrogens is 322 g/mol. The molecule has 1 aliphatic rings. The Kier molecular flexibility index (Phi) is 4.69. The minimum absolute atomic E-state index is 0.120. The van der Waals surface area contributed by atoms with E-state index in [0.29, 0.717) is 13.0 Å². The predicted molar refractivity (Wildman–Crippen MR) is 92.9 cm³/mol. The molecule has 0 spiro atoms. The zero-order valence-corrected chi connectivity index (χ0v) is 13.6. The zero-order chi connectivity index (χ0) is 17.8. The monoisotopic (exact) mass is 339 g/mol. The Hall–Kier alpha value is -3.29. The summed E-state index contributed by atoms with van der Waals surface area (Å²) < 4.78 is 0. The van der Waals surface area contributed by atoms with E-state index in [1.807, 2.05) is 37.3 Å². The van der Waals surface area contributed by atoms with Crippen LogP contribution in [0.3, 0.4) is 0 Å². The normalized spacial score (nSPS) is 16.9. The van der Waals surface area contributed by atoms with Gasteiger partial charge in [-0.3, -0.25) is 0 Å². The number of amides is 2. The van der Waals surface area contributed by atoms with Gasteiger partial charge in [0, 0.05) is 18.3 Å². The van der Waals surface area contributed by atoms with Crippen LogP contribution in [-0.2, 0) is 0 Å². The van der Waals surface area contributed by atoms with E-state index in [0.717, 1.165) is 11.3 Å². The molecule has 1 aromatic heterocycles. The number of hydrogen-bond acceptors (Lipinski definition) is 5. The van der Waals surface area contributed by atoms with Crippen LogP contribution in [0.1, 0.15) is 19.0 Å². The Morgan fingerprint density at radius 1 is 1.28 bits per heavy atom. The summed E-state index contributed by atoms with van der Waals surface area (Å²) in [6, 6.07) is 8.88. The van der Waals surface area contributed by atoms with Crippen molar-refractivity contribution in [3.05, 3.63) is 64.6 Å². The van der Waals surface area contributed by atoms with E-state index in [4.69, 9.17) is 0 Å². The third kappa shape index (κ3) is 3.63. The molecule has 8 nitrogen and oxygen atoms in total. The number of para-hydroxylation sites is 1. The average molecular weight is 339 g/mol.